The number of carbonyl (C=O) groups is 1. The van der Waals surface area contributed by atoms with E-state index < -0.39 is 9.84 Å². The standard InChI is InChI=1S/C12H23N3O3S/c16-12(15-9-11-1-4-13-7-11)14-8-10-2-5-19(17,18)6-3-10/h10-11,13H,1-9H2,(H2,14,15,16). The summed E-state index contributed by atoms with van der Waals surface area (Å²) in [6, 6.07) is -0.139. The molecular weight excluding hydrogens is 266 g/mol. The first-order chi connectivity index (χ1) is 9.05. The number of sulfone groups is 1. The summed E-state index contributed by atoms with van der Waals surface area (Å²) in [4.78, 5) is 11.6. The average molecular weight is 289 g/mol. The molecule has 110 valence electrons. The van der Waals surface area contributed by atoms with Crippen molar-refractivity contribution in [2.45, 2.75) is 19.3 Å². The zero-order chi connectivity index (χ0) is 13.7. The molecule has 2 amide bonds. The van der Waals surface area contributed by atoms with Gasteiger partial charge in [-0.15, -0.1) is 0 Å². The molecule has 0 saturated carbocycles. The summed E-state index contributed by atoms with van der Waals surface area (Å²) in [5.41, 5.74) is 0. The van der Waals surface area contributed by atoms with Crippen molar-refractivity contribution in [1.29, 1.82) is 0 Å². The number of amides is 2. The van der Waals surface area contributed by atoms with Crippen LogP contribution in [0, 0.1) is 11.8 Å². The Bertz CT molecular complexity index is 390. The van der Waals surface area contributed by atoms with E-state index in [-0.39, 0.29) is 17.5 Å². The number of nitrogens with one attached hydrogen (secondary N) is 3. The molecule has 7 heteroatoms. The first-order valence-corrected chi connectivity index (χ1v) is 8.80. The Labute approximate surface area is 114 Å². The highest BCUT2D eigenvalue weighted by Crippen LogP contribution is 2.17. The van der Waals surface area contributed by atoms with E-state index in [1.54, 1.807) is 0 Å². The Hall–Kier alpha value is -0.820. The van der Waals surface area contributed by atoms with E-state index in [0.717, 1.165) is 19.5 Å². The Kier molecular flexibility index (Phi) is 5.04. The second kappa shape index (κ2) is 6.56. The van der Waals surface area contributed by atoms with Crippen LogP contribution >= 0.6 is 0 Å². The smallest absolute Gasteiger partial charge is 0.314 e. The van der Waals surface area contributed by atoms with E-state index in [0.29, 0.717) is 37.8 Å². The highest BCUT2D eigenvalue weighted by molar-refractivity contribution is 7.91. The largest absolute Gasteiger partial charge is 0.338 e. The number of urea groups is 1. The van der Waals surface area contributed by atoms with Crippen molar-refractivity contribution in [3.8, 4) is 0 Å². The van der Waals surface area contributed by atoms with E-state index >= 15 is 0 Å². The SMILES string of the molecule is O=C(NCC1CCS(=O)(=O)CC1)NCC1CCNC1. The van der Waals surface area contributed by atoms with E-state index in [1.165, 1.54) is 0 Å². The van der Waals surface area contributed by atoms with Gasteiger partial charge in [-0.25, -0.2) is 13.2 Å². The van der Waals surface area contributed by atoms with Gasteiger partial charge in [0.2, 0.25) is 0 Å². The van der Waals surface area contributed by atoms with E-state index in [4.69, 9.17) is 0 Å². The monoisotopic (exact) mass is 289 g/mol. The topological polar surface area (TPSA) is 87.3 Å². The van der Waals surface area contributed by atoms with E-state index in [1.807, 2.05) is 0 Å². The lowest BCUT2D eigenvalue weighted by molar-refractivity contribution is 0.236. The maximum Gasteiger partial charge on any atom is 0.314 e. The van der Waals surface area contributed by atoms with Crippen molar-refractivity contribution < 1.29 is 13.2 Å². The summed E-state index contributed by atoms with van der Waals surface area (Å²) in [7, 11) is -2.81. The maximum atomic E-state index is 11.6. The summed E-state index contributed by atoms with van der Waals surface area (Å²) in [6.07, 6.45) is 2.44. The van der Waals surface area contributed by atoms with Gasteiger partial charge in [0, 0.05) is 13.1 Å². The van der Waals surface area contributed by atoms with E-state index in [2.05, 4.69) is 16.0 Å². The number of carbonyl (C=O) groups excluding carboxylic acids is 1. The van der Waals surface area contributed by atoms with Crippen LogP contribution in [0.2, 0.25) is 0 Å². The van der Waals surface area contributed by atoms with Crippen LogP contribution in [-0.2, 0) is 9.84 Å². The highest BCUT2D eigenvalue weighted by Gasteiger charge is 2.23. The van der Waals surface area contributed by atoms with Crippen LogP contribution in [0.4, 0.5) is 4.79 Å². The third-order valence-electron chi connectivity index (χ3n) is 3.94. The van der Waals surface area contributed by atoms with Crippen LogP contribution in [0.1, 0.15) is 19.3 Å². The second-order valence-corrected chi connectivity index (χ2v) is 7.85. The van der Waals surface area contributed by atoms with Gasteiger partial charge in [-0.1, -0.05) is 0 Å². The average Bonchev–Trinajstić information content (AvgIpc) is 2.88. The lowest BCUT2D eigenvalue weighted by atomic mass is 10.0. The normalized spacial score (nSPS) is 27.1. The van der Waals surface area contributed by atoms with Crippen LogP contribution in [0.25, 0.3) is 0 Å². The van der Waals surface area contributed by atoms with Crippen molar-refractivity contribution in [2.75, 3.05) is 37.7 Å². The zero-order valence-electron chi connectivity index (χ0n) is 11.2. The fourth-order valence-corrected chi connectivity index (χ4v) is 4.16. The molecular formula is C12H23N3O3S. The Morgan fingerprint density at radius 1 is 1.05 bits per heavy atom. The minimum absolute atomic E-state index is 0.139. The molecule has 2 aliphatic rings. The maximum absolute atomic E-state index is 11.6. The summed E-state index contributed by atoms with van der Waals surface area (Å²) < 4.78 is 22.6. The fourth-order valence-electron chi connectivity index (χ4n) is 2.57. The third-order valence-corrected chi connectivity index (χ3v) is 5.65. The molecule has 3 N–H and O–H groups in total. The van der Waals surface area contributed by atoms with Crippen LogP contribution in [0.3, 0.4) is 0 Å². The Balaban J connectivity index is 1.58. The lowest BCUT2D eigenvalue weighted by Crippen LogP contribution is -2.41. The van der Waals surface area contributed by atoms with Gasteiger partial charge in [-0.3, -0.25) is 0 Å². The van der Waals surface area contributed by atoms with Crippen LogP contribution < -0.4 is 16.0 Å². The molecule has 6 nitrogen and oxygen atoms in total. The zero-order valence-corrected chi connectivity index (χ0v) is 12.0. The number of rotatable bonds is 4. The second-order valence-electron chi connectivity index (χ2n) is 5.54. The molecule has 0 aromatic heterocycles. The molecule has 1 unspecified atom stereocenters. The number of hydrogen-bond acceptors (Lipinski definition) is 4. The Morgan fingerprint density at radius 2 is 1.68 bits per heavy atom. The predicted octanol–water partition coefficient (Wildman–Crippen LogP) is -0.280. The van der Waals surface area contributed by atoms with Crippen LogP contribution in [0.5, 0.6) is 0 Å². The first kappa shape index (κ1) is 14.6. The van der Waals surface area contributed by atoms with Gasteiger partial charge in [0.25, 0.3) is 0 Å². The van der Waals surface area contributed by atoms with Crippen molar-refractivity contribution in [3.05, 3.63) is 0 Å². The molecule has 0 spiro atoms. The highest BCUT2D eigenvalue weighted by atomic mass is 32.2. The van der Waals surface area contributed by atoms with Crippen molar-refractivity contribution in [2.24, 2.45) is 11.8 Å². The third kappa shape index (κ3) is 4.99. The van der Waals surface area contributed by atoms with Crippen molar-refractivity contribution >= 4 is 15.9 Å². The first-order valence-electron chi connectivity index (χ1n) is 6.98. The minimum atomic E-state index is -2.81. The van der Waals surface area contributed by atoms with Crippen LogP contribution in [0.15, 0.2) is 0 Å². The molecule has 19 heavy (non-hydrogen) atoms. The lowest BCUT2D eigenvalue weighted by Gasteiger charge is -2.22. The van der Waals surface area contributed by atoms with Gasteiger partial charge in [0.15, 0.2) is 0 Å². The van der Waals surface area contributed by atoms with Crippen molar-refractivity contribution in [1.82, 2.24) is 16.0 Å². The summed E-state index contributed by atoms with van der Waals surface area (Å²) >= 11 is 0. The van der Waals surface area contributed by atoms with E-state index in [9.17, 15) is 13.2 Å². The summed E-state index contributed by atoms with van der Waals surface area (Å²) in [5, 5.41) is 8.97. The molecule has 2 fully saturated rings. The molecule has 2 rings (SSSR count). The van der Waals surface area contributed by atoms with Gasteiger partial charge in [-0.05, 0) is 44.2 Å². The molecule has 2 saturated heterocycles. The van der Waals surface area contributed by atoms with Gasteiger partial charge in [0.1, 0.15) is 9.84 Å². The molecule has 0 radical (unpaired) electrons. The molecule has 2 heterocycles. The Morgan fingerprint density at radius 3 is 2.26 bits per heavy atom. The molecule has 2 aliphatic heterocycles. The van der Waals surface area contributed by atoms with Gasteiger partial charge in [-0.2, -0.15) is 0 Å². The number of hydrogen-bond donors (Lipinski definition) is 3. The molecule has 0 aromatic carbocycles. The predicted molar refractivity (Wildman–Crippen MR) is 73.8 cm³/mol. The summed E-state index contributed by atoms with van der Waals surface area (Å²) in [5.74, 6) is 1.34. The molecule has 0 bridgehead atoms. The van der Waals surface area contributed by atoms with Gasteiger partial charge >= 0.3 is 6.03 Å². The minimum Gasteiger partial charge on any atom is -0.338 e. The molecule has 0 aromatic rings. The molecule has 0 aliphatic carbocycles. The summed E-state index contributed by atoms with van der Waals surface area (Å²) in [6.45, 7) is 3.29. The van der Waals surface area contributed by atoms with Gasteiger partial charge < -0.3 is 16.0 Å². The molecule has 1 atom stereocenters. The van der Waals surface area contributed by atoms with Crippen LogP contribution in [-0.4, -0.2) is 52.1 Å². The quantitative estimate of drug-likeness (QED) is 0.664. The van der Waals surface area contributed by atoms with Crippen molar-refractivity contribution in [3.63, 3.8) is 0 Å². The fraction of sp³-hybridized carbons (Fsp3) is 0.917. The van der Waals surface area contributed by atoms with Gasteiger partial charge in [0.05, 0.1) is 11.5 Å².